The van der Waals surface area contributed by atoms with E-state index in [0.717, 1.165) is 25.9 Å². The molecule has 0 aliphatic carbocycles. The minimum atomic E-state index is -0.837. The second-order valence-corrected chi connectivity index (χ2v) is 3.51. The summed E-state index contributed by atoms with van der Waals surface area (Å²) in [7, 11) is 0. The highest BCUT2D eigenvalue weighted by molar-refractivity contribution is 5.66. The van der Waals surface area contributed by atoms with Gasteiger partial charge in [-0.05, 0) is 19.3 Å². The minimum Gasteiger partial charge on any atom is -0.481 e. The van der Waals surface area contributed by atoms with Crippen molar-refractivity contribution in [3.63, 3.8) is 0 Å². The number of likely N-dealkylation sites (tertiary alicyclic amines) is 1. The third-order valence-electron chi connectivity index (χ3n) is 2.43. The van der Waals surface area contributed by atoms with Crippen LogP contribution in [0.4, 0.5) is 0 Å². The van der Waals surface area contributed by atoms with Crippen LogP contribution in [-0.4, -0.2) is 40.4 Å². The number of rotatable bonds is 4. The highest BCUT2D eigenvalue weighted by Gasteiger charge is 2.18. The number of aliphatic carboxylic acids is 1. The Balaban J connectivity index is 2.20. The van der Waals surface area contributed by atoms with Crippen molar-refractivity contribution in [2.75, 3.05) is 13.1 Å². The van der Waals surface area contributed by atoms with E-state index in [2.05, 4.69) is 0 Å². The van der Waals surface area contributed by atoms with E-state index in [9.17, 15) is 9.90 Å². The van der Waals surface area contributed by atoms with Gasteiger partial charge in [0.1, 0.15) is 6.23 Å². The molecule has 0 bridgehead atoms. The molecular formula is C9H17NO3. The average molecular weight is 187 g/mol. The quantitative estimate of drug-likeness (QED) is 0.678. The van der Waals surface area contributed by atoms with E-state index >= 15 is 0 Å². The van der Waals surface area contributed by atoms with Crippen LogP contribution in [0.1, 0.15) is 32.1 Å². The maximum Gasteiger partial charge on any atom is 0.303 e. The van der Waals surface area contributed by atoms with Crippen molar-refractivity contribution < 1.29 is 15.0 Å². The molecule has 1 aliphatic rings. The molecule has 0 aromatic heterocycles. The van der Waals surface area contributed by atoms with E-state index in [1.54, 1.807) is 0 Å². The molecule has 0 spiro atoms. The average Bonchev–Trinajstić information content (AvgIpc) is 2.15. The Bertz CT molecular complexity index is 166. The third kappa shape index (κ3) is 3.74. The molecule has 0 amide bonds. The predicted octanol–water partition coefficient (Wildman–Crippen LogP) is 0.655. The van der Waals surface area contributed by atoms with Crippen molar-refractivity contribution in [2.24, 2.45) is 0 Å². The largest absolute Gasteiger partial charge is 0.481 e. The van der Waals surface area contributed by atoms with Crippen LogP contribution in [0.25, 0.3) is 0 Å². The fourth-order valence-corrected chi connectivity index (χ4v) is 1.65. The molecule has 76 valence electrons. The van der Waals surface area contributed by atoms with Gasteiger partial charge in [-0.3, -0.25) is 9.69 Å². The van der Waals surface area contributed by atoms with Gasteiger partial charge in [0, 0.05) is 19.5 Å². The van der Waals surface area contributed by atoms with Crippen molar-refractivity contribution in [1.29, 1.82) is 0 Å². The van der Waals surface area contributed by atoms with Crippen LogP contribution in [0.2, 0.25) is 0 Å². The number of carboxylic acid groups (broad SMARTS) is 1. The fraction of sp³-hybridized carbons (Fsp3) is 0.889. The SMILES string of the molecule is O=C(O)CCC(O)N1CCCCC1. The first kappa shape index (κ1) is 10.5. The van der Waals surface area contributed by atoms with Gasteiger partial charge in [0.2, 0.25) is 0 Å². The molecule has 0 aromatic rings. The summed E-state index contributed by atoms with van der Waals surface area (Å²) in [5, 5.41) is 18.0. The van der Waals surface area contributed by atoms with Crippen molar-refractivity contribution in [3.8, 4) is 0 Å². The minimum absolute atomic E-state index is 0.0532. The van der Waals surface area contributed by atoms with Gasteiger partial charge in [0.25, 0.3) is 0 Å². The molecule has 1 atom stereocenters. The first-order chi connectivity index (χ1) is 6.20. The van der Waals surface area contributed by atoms with Crippen LogP contribution in [0, 0.1) is 0 Å². The molecular weight excluding hydrogens is 170 g/mol. The smallest absolute Gasteiger partial charge is 0.303 e. The zero-order valence-electron chi connectivity index (χ0n) is 7.78. The second-order valence-electron chi connectivity index (χ2n) is 3.51. The molecule has 1 aliphatic heterocycles. The maximum atomic E-state index is 10.3. The van der Waals surface area contributed by atoms with E-state index in [4.69, 9.17) is 5.11 Å². The molecule has 0 saturated carbocycles. The molecule has 1 saturated heterocycles. The van der Waals surface area contributed by atoms with Crippen LogP contribution >= 0.6 is 0 Å². The molecule has 0 radical (unpaired) electrons. The van der Waals surface area contributed by atoms with E-state index in [-0.39, 0.29) is 6.42 Å². The van der Waals surface area contributed by atoms with E-state index in [1.807, 2.05) is 4.90 Å². The summed E-state index contributed by atoms with van der Waals surface area (Å²) in [5.41, 5.74) is 0. The normalized spacial score (nSPS) is 21.3. The first-order valence-electron chi connectivity index (χ1n) is 4.84. The van der Waals surface area contributed by atoms with E-state index < -0.39 is 12.2 Å². The summed E-state index contributed by atoms with van der Waals surface area (Å²) in [6, 6.07) is 0. The van der Waals surface area contributed by atoms with Gasteiger partial charge in [0.15, 0.2) is 0 Å². The lowest BCUT2D eigenvalue weighted by Gasteiger charge is -2.30. The molecule has 1 rings (SSSR count). The number of nitrogens with zero attached hydrogens (tertiary/aromatic N) is 1. The number of piperidine rings is 1. The molecule has 1 unspecified atom stereocenters. The Morgan fingerprint density at radius 2 is 1.92 bits per heavy atom. The number of aliphatic hydroxyl groups is 1. The summed E-state index contributed by atoms with van der Waals surface area (Å²) >= 11 is 0. The monoisotopic (exact) mass is 187 g/mol. The van der Waals surface area contributed by atoms with Crippen LogP contribution in [0.5, 0.6) is 0 Å². The van der Waals surface area contributed by atoms with Gasteiger partial charge in [-0.25, -0.2) is 0 Å². The van der Waals surface area contributed by atoms with E-state index in [0.29, 0.717) is 6.42 Å². The van der Waals surface area contributed by atoms with Crippen molar-refractivity contribution in [2.45, 2.75) is 38.3 Å². The maximum absolute atomic E-state index is 10.3. The summed E-state index contributed by atoms with van der Waals surface area (Å²) in [5.74, 6) is -0.837. The number of carbonyl (C=O) groups is 1. The summed E-state index contributed by atoms with van der Waals surface area (Å²) in [6.45, 7) is 1.81. The number of hydrogen-bond acceptors (Lipinski definition) is 3. The highest BCUT2D eigenvalue weighted by Crippen LogP contribution is 2.13. The lowest BCUT2D eigenvalue weighted by Crippen LogP contribution is -2.39. The van der Waals surface area contributed by atoms with Crippen LogP contribution in [0.3, 0.4) is 0 Å². The Kier molecular flexibility index (Phi) is 4.18. The topological polar surface area (TPSA) is 60.8 Å². The molecule has 2 N–H and O–H groups in total. The third-order valence-corrected chi connectivity index (χ3v) is 2.43. The van der Waals surface area contributed by atoms with Crippen molar-refractivity contribution in [3.05, 3.63) is 0 Å². The Morgan fingerprint density at radius 3 is 2.46 bits per heavy atom. The Hall–Kier alpha value is -0.610. The molecule has 1 heterocycles. The van der Waals surface area contributed by atoms with E-state index in [1.165, 1.54) is 6.42 Å². The molecule has 1 fully saturated rings. The van der Waals surface area contributed by atoms with Crippen LogP contribution in [0.15, 0.2) is 0 Å². The zero-order chi connectivity index (χ0) is 9.68. The number of aliphatic hydroxyl groups excluding tert-OH is 1. The van der Waals surface area contributed by atoms with Gasteiger partial charge < -0.3 is 10.2 Å². The summed E-state index contributed by atoms with van der Waals surface area (Å²) < 4.78 is 0. The van der Waals surface area contributed by atoms with Crippen LogP contribution in [-0.2, 0) is 4.79 Å². The first-order valence-corrected chi connectivity index (χ1v) is 4.84. The Labute approximate surface area is 78.2 Å². The second kappa shape index (κ2) is 5.19. The number of hydrogen-bond donors (Lipinski definition) is 2. The molecule has 4 nitrogen and oxygen atoms in total. The zero-order valence-corrected chi connectivity index (χ0v) is 7.78. The van der Waals surface area contributed by atoms with Gasteiger partial charge in [0.05, 0.1) is 0 Å². The lowest BCUT2D eigenvalue weighted by atomic mass is 10.1. The van der Waals surface area contributed by atoms with Crippen molar-refractivity contribution >= 4 is 5.97 Å². The van der Waals surface area contributed by atoms with Gasteiger partial charge in [-0.15, -0.1) is 0 Å². The van der Waals surface area contributed by atoms with Gasteiger partial charge >= 0.3 is 5.97 Å². The van der Waals surface area contributed by atoms with Gasteiger partial charge in [-0.2, -0.15) is 0 Å². The van der Waals surface area contributed by atoms with Gasteiger partial charge in [-0.1, -0.05) is 6.42 Å². The summed E-state index contributed by atoms with van der Waals surface area (Å²) in [6.07, 6.45) is 3.29. The lowest BCUT2D eigenvalue weighted by molar-refractivity contribution is -0.138. The Morgan fingerprint density at radius 1 is 1.31 bits per heavy atom. The standard InChI is InChI=1S/C9H17NO3/c11-8(4-5-9(12)13)10-6-2-1-3-7-10/h8,11H,1-7H2,(H,12,13). The highest BCUT2D eigenvalue weighted by atomic mass is 16.4. The van der Waals surface area contributed by atoms with Crippen LogP contribution < -0.4 is 0 Å². The summed E-state index contributed by atoms with van der Waals surface area (Å²) in [4.78, 5) is 12.2. The molecule has 13 heavy (non-hydrogen) atoms. The number of carboxylic acids is 1. The molecule has 4 heteroatoms. The molecule has 0 aromatic carbocycles. The van der Waals surface area contributed by atoms with Crippen molar-refractivity contribution in [1.82, 2.24) is 4.90 Å². The fourth-order valence-electron chi connectivity index (χ4n) is 1.65. The predicted molar refractivity (Wildman–Crippen MR) is 48.3 cm³/mol.